The van der Waals surface area contributed by atoms with Crippen LogP contribution < -0.4 is 25.7 Å². The molecular formula is C22H31IN4O3. The highest BCUT2D eigenvalue weighted by Gasteiger charge is 2.12. The van der Waals surface area contributed by atoms with Crippen molar-refractivity contribution in [3.8, 4) is 11.5 Å². The van der Waals surface area contributed by atoms with Gasteiger partial charge in [0.05, 0.1) is 0 Å². The fraction of sp³-hybridized carbons (Fsp3) is 0.455. The lowest BCUT2D eigenvalue weighted by atomic mass is 10.1. The molecule has 0 unspecified atom stereocenters. The Balaban J connectivity index is 0.00000320. The Labute approximate surface area is 194 Å². The second kappa shape index (κ2) is 12.5. The molecule has 0 bridgehead atoms. The largest absolute Gasteiger partial charge is 0.454 e. The molecule has 1 aromatic heterocycles. The Morgan fingerprint density at radius 1 is 1.13 bits per heavy atom. The third-order valence-electron chi connectivity index (χ3n) is 4.82. The number of pyridine rings is 1. The lowest BCUT2D eigenvalue weighted by Gasteiger charge is -2.12. The first-order valence-electron chi connectivity index (χ1n) is 10.2. The predicted octanol–water partition coefficient (Wildman–Crippen LogP) is 3.08. The molecule has 0 saturated heterocycles. The Hall–Kier alpha value is -2.23. The van der Waals surface area contributed by atoms with E-state index < -0.39 is 0 Å². The van der Waals surface area contributed by atoms with E-state index in [4.69, 9.17) is 9.47 Å². The summed E-state index contributed by atoms with van der Waals surface area (Å²) < 4.78 is 12.6. The molecule has 0 atom stereocenters. The third kappa shape index (κ3) is 6.93. The summed E-state index contributed by atoms with van der Waals surface area (Å²) in [6.45, 7) is 7.37. The SMILES string of the molecule is CCNC(=NCCCCn1c(C)cccc1=O)NCCc1ccc2c(c1)OCO2.I. The zero-order valence-corrected chi connectivity index (χ0v) is 20.0. The molecule has 0 radical (unpaired) electrons. The number of ether oxygens (including phenoxy) is 2. The molecule has 1 aliphatic rings. The van der Waals surface area contributed by atoms with Gasteiger partial charge >= 0.3 is 0 Å². The molecule has 7 nitrogen and oxygen atoms in total. The quantitative estimate of drug-likeness (QED) is 0.227. The molecule has 0 amide bonds. The van der Waals surface area contributed by atoms with Crippen LogP contribution in [0.15, 0.2) is 46.2 Å². The van der Waals surface area contributed by atoms with Crippen LogP contribution in [0.3, 0.4) is 0 Å². The summed E-state index contributed by atoms with van der Waals surface area (Å²) in [7, 11) is 0. The van der Waals surface area contributed by atoms with Crippen LogP contribution in [0.25, 0.3) is 0 Å². The van der Waals surface area contributed by atoms with Crippen LogP contribution in [0.4, 0.5) is 0 Å². The molecule has 2 aromatic rings. The number of halogens is 1. The van der Waals surface area contributed by atoms with Crippen LogP contribution >= 0.6 is 24.0 Å². The maximum atomic E-state index is 11.9. The van der Waals surface area contributed by atoms with Crippen LogP contribution in [0.2, 0.25) is 0 Å². The molecule has 0 fully saturated rings. The summed E-state index contributed by atoms with van der Waals surface area (Å²) in [5, 5.41) is 6.65. The van der Waals surface area contributed by atoms with Crippen LogP contribution in [0, 0.1) is 6.92 Å². The highest BCUT2D eigenvalue weighted by atomic mass is 127. The van der Waals surface area contributed by atoms with Crippen molar-refractivity contribution in [3.63, 3.8) is 0 Å². The number of rotatable bonds is 9. The Morgan fingerprint density at radius 3 is 2.77 bits per heavy atom. The molecule has 3 rings (SSSR count). The van der Waals surface area contributed by atoms with E-state index >= 15 is 0 Å². The van der Waals surface area contributed by atoms with Gasteiger partial charge in [-0.25, -0.2) is 0 Å². The molecule has 0 aliphatic carbocycles. The summed E-state index contributed by atoms with van der Waals surface area (Å²) in [5.41, 5.74) is 2.26. The average Bonchev–Trinajstić information content (AvgIpc) is 3.17. The summed E-state index contributed by atoms with van der Waals surface area (Å²) in [5.74, 6) is 2.45. The maximum Gasteiger partial charge on any atom is 0.250 e. The highest BCUT2D eigenvalue weighted by molar-refractivity contribution is 14.0. The van der Waals surface area contributed by atoms with Crippen LogP contribution in [0.1, 0.15) is 31.0 Å². The highest BCUT2D eigenvalue weighted by Crippen LogP contribution is 2.32. The van der Waals surface area contributed by atoms with E-state index in [0.717, 1.165) is 68.6 Å². The minimum Gasteiger partial charge on any atom is -0.454 e. The lowest BCUT2D eigenvalue weighted by molar-refractivity contribution is 0.174. The number of nitrogens with zero attached hydrogens (tertiary/aromatic N) is 2. The van der Waals surface area contributed by atoms with Crippen molar-refractivity contribution in [3.05, 3.63) is 58.0 Å². The van der Waals surface area contributed by atoms with Gasteiger partial charge in [0, 0.05) is 37.9 Å². The molecule has 8 heteroatoms. The van der Waals surface area contributed by atoms with Gasteiger partial charge < -0.3 is 24.7 Å². The van der Waals surface area contributed by atoms with E-state index in [-0.39, 0.29) is 29.5 Å². The lowest BCUT2D eigenvalue weighted by Crippen LogP contribution is -2.38. The van der Waals surface area contributed by atoms with E-state index in [1.54, 1.807) is 12.1 Å². The van der Waals surface area contributed by atoms with Crippen molar-refractivity contribution in [2.45, 2.75) is 39.7 Å². The number of aryl methyl sites for hydroxylation is 1. The van der Waals surface area contributed by atoms with E-state index in [9.17, 15) is 4.79 Å². The maximum absolute atomic E-state index is 11.9. The molecular weight excluding hydrogens is 495 g/mol. The number of unbranched alkanes of at least 4 members (excludes halogenated alkanes) is 1. The van der Waals surface area contributed by atoms with E-state index in [1.165, 1.54) is 5.56 Å². The molecule has 30 heavy (non-hydrogen) atoms. The van der Waals surface area contributed by atoms with Crippen LogP contribution in [-0.2, 0) is 13.0 Å². The Kier molecular flexibility index (Phi) is 9.99. The van der Waals surface area contributed by atoms with Crippen molar-refractivity contribution in [1.29, 1.82) is 0 Å². The number of fused-ring (bicyclic) bond motifs is 1. The average molecular weight is 526 g/mol. The zero-order valence-electron chi connectivity index (χ0n) is 17.6. The van der Waals surface area contributed by atoms with Crippen molar-refractivity contribution in [2.24, 2.45) is 4.99 Å². The van der Waals surface area contributed by atoms with Gasteiger partial charge in [0.25, 0.3) is 5.56 Å². The Morgan fingerprint density at radius 2 is 1.97 bits per heavy atom. The standard InChI is InChI=1S/C22H30N4O3.HI/c1-3-23-22(24-12-4-5-14-26-17(2)7-6-8-21(26)27)25-13-11-18-9-10-19-20(15-18)29-16-28-19;/h6-10,15H,3-5,11-14,16H2,1-2H3,(H2,23,24,25);1H. The van der Waals surface area contributed by atoms with E-state index in [1.807, 2.05) is 29.7 Å². The predicted molar refractivity (Wildman–Crippen MR) is 130 cm³/mol. The number of hydrogen-bond donors (Lipinski definition) is 2. The number of aromatic nitrogens is 1. The zero-order chi connectivity index (χ0) is 20.5. The van der Waals surface area contributed by atoms with Crippen molar-refractivity contribution >= 4 is 29.9 Å². The van der Waals surface area contributed by atoms with Gasteiger partial charge in [0.2, 0.25) is 6.79 Å². The molecule has 0 saturated carbocycles. The number of benzene rings is 1. The molecule has 2 heterocycles. The minimum atomic E-state index is 0. The summed E-state index contributed by atoms with van der Waals surface area (Å²) in [6.07, 6.45) is 2.72. The minimum absolute atomic E-state index is 0. The molecule has 2 N–H and O–H groups in total. The number of guanidine groups is 1. The second-order valence-electron chi connectivity index (χ2n) is 6.99. The van der Waals surface area contributed by atoms with Gasteiger partial charge in [0.1, 0.15) is 0 Å². The van der Waals surface area contributed by atoms with Crippen LogP contribution in [0.5, 0.6) is 11.5 Å². The first-order valence-corrected chi connectivity index (χ1v) is 10.2. The molecule has 1 aliphatic heterocycles. The third-order valence-corrected chi connectivity index (χ3v) is 4.82. The first-order chi connectivity index (χ1) is 14.2. The normalized spacial score (nSPS) is 12.4. The summed E-state index contributed by atoms with van der Waals surface area (Å²) in [6, 6.07) is 11.4. The van der Waals surface area contributed by atoms with E-state index in [0.29, 0.717) is 6.79 Å². The molecule has 164 valence electrons. The topological polar surface area (TPSA) is 76.9 Å². The van der Waals surface area contributed by atoms with Gasteiger partial charge in [-0.2, -0.15) is 0 Å². The van der Waals surface area contributed by atoms with Gasteiger partial charge in [-0.05, 0) is 56.9 Å². The summed E-state index contributed by atoms with van der Waals surface area (Å²) >= 11 is 0. The molecule has 0 spiro atoms. The van der Waals surface area contributed by atoms with Gasteiger partial charge in [0.15, 0.2) is 17.5 Å². The van der Waals surface area contributed by atoms with Crippen molar-refractivity contribution < 1.29 is 9.47 Å². The van der Waals surface area contributed by atoms with E-state index in [2.05, 4.69) is 28.6 Å². The number of aliphatic imine (C=N–C) groups is 1. The van der Waals surface area contributed by atoms with Crippen molar-refractivity contribution in [1.82, 2.24) is 15.2 Å². The fourth-order valence-electron chi connectivity index (χ4n) is 3.25. The monoisotopic (exact) mass is 526 g/mol. The van der Waals surface area contributed by atoms with Crippen LogP contribution in [-0.4, -0.2) is 37.0 Å². The smallest absolute Gasteiger partial charge is 0.250 e. The van der Waals surface area contributed by atoms with Gasteiger partial charge in [-0.3, -0.25) is 9.79 Å². The Bertz CT molecular complexity index is 898. The summed E-state index contributed by atoms with van der Waals surface area (Å²) in [4.78, 5) is 16.5. The number of hydrogen-bond acceptors (Lipinski definition) is 4. The fourth-order valence-corrected chi connectivity index (χ4v) is 3.25. The second-order valence-corrected chi connectivity index (χ2v) is 6.99. The number of nitrogens with one attached hydrogen (secondary N) is 2. The first kappa shape index (κ1) is 24.0. The van der Waals surface area contributed by atoms with Gasteiger partial charge in [-0.15, -0.1) is 24.0 Å². The van der Waals surface area contributed by atoms with Crippen molar-refractivity contribution in [2.75, 3.05) is 26.4 Å². The molecule has 1 aromatic carbocycles. The van der Waals surface area contributed by atoms with Gasteiger partial charge in [-0.1, -0.05) is 12.1 Å².